The van der Waals surface area contributed by atoms with Crippen molar-refractivity contribution >= 4 is 0 Å². The molecule has 0 spiro atoms. The van der Waals surface area contributed by atoms with Crippen LogP contribution in [0.15, 0.2) is 0 Å². The summed E-state index contributed by atoms with van der Waals surface area (Å²) < 4.78 is 6.74. The molecule has 0 saturated carbocycles. The first kappa shape index (κ1) is 29.8. The summed E-state index contributed by atoms with van der Waals surface area (Å²) in [6, 6.07) is 0. The van der Waals surface area contributed by atoms with E-state index in [1.165, 1.54) is 96.3 Å². The maximum atomic E-state index is 9.59. The van der Waals surface area contributed by atoms with Gasteiger partial charge in [0, 0.05) is 6.61 Å². The topological polar surface area (TPSA) is 49.7 Å². The Balaban J connectivity index is 3.92. The lowest BCUT2D eigenvalue weighted by molar-refractivity contribution is -0.929. The lowest BCUT2D eigenvalue weighted by Gasteiger charge is -2.38. The molecule has 0 aliphatic heterocycles. The second-order valence-corrected chi connectivity index (χ2v) is 9.25. The molecule has 0 unspecified atom stereocenters. The summed E-state index contributed by atoms with van der Waals surface area (Å²) >= 11 is 0. The summed E-state index contributed by atoms with van der Waals surface area (Å²) in [4.78, 5) is 0. The summed E-state index contributed by atoms with van der Waals surface area (Å²) in [5.74, 6) is 0. The number of hydrogen-bond donors (Lipinski definition) is 2. The highest BCUT2D eigenvalue weighted by Gasteiger charge is 2.25. The molecule has 4 heteroatoms. The highest BCUT2D eigenvalue weighted by atomic mass is 16.5. The van der Waals surface area contributed by atoms with Crippen LogP contribution in [0.2, 0.25) is 0 Å². The molecule has 0 aliphatic carbocycles. The standard InChI is InChI=1S/C26H56NO3/c1-3-5-7-9-11-13-15-17-19-27(20-23-28,21-24-29)22-26-30-25-18-16-14-12-10-8-6-4-2/h28-29H,3-26H2,1-2H3/q+1. The van der Waals surface area contributed by atoms with Gasteiger partial charge in [0.15, 0.2) is 0 Å². The van der Waals surface area contributed by atoms with Crippen molar-refractivity contribution in [3.8, 4) is 0 Å². The average molecular weight is 431 g/mol. The van der Waals surface area contributed by atoms with Crippen LogP contribution >= 0.6 is 0 Å². The molecular weight excluding hydrogens is 374 g/mol. The van der Waals surface area contributed by atoms with E-state index >= 15 is 0 Å². The van der Waals surface area contributed by atoms with Crippen LogP contribution in [0.5, 0.6) is 0 Å². The Bertz CT molecular complexity index is 319. The van der Waals surface area contributed by atoms with E-state index < -0.39 is 0 Å². The summed E-state index contributed by atoms with van der Waals surface area (Å²) in [5, 5.41) is 19.2. The van der Waals surface area contributed by atoms with E-state index in [0.29, 0.717) is 0 Å². The van der Waals surface area contributed by atoms with Gasteiger partial charge in [-0.25, -0.2) is 0 Å². The molecular formula is C26H56NO3+. The summed E-state index contributed by atoms with van der Waals surface area (Å²) in [6.45, 7) is 9.94. The largest absolute Gasteiger partial charge is 0.391 e. The van der Waals surface area contributed by atoms with E-state index in [2.05, 4.69) is 13.8 Å². The van der Waals surface area contributed by atoms with E-state index in [-0.39, 0.29) is 13.2 Å². The Morgan fingerprint density at radius 2 is 0.900 bits per heavy atom. The Labute approximate surface area is 189 Å². The van der Waals surface area contributed by atoms with E-state index in [0.717, 1.165) is 50.3 Å². The van der Waals surface area contributed by atoms with Crippen LogP contribution < -0.4 is 0 Å². The number of rotatable bonds is 25. The molecule has 0 rings (SSSR count). The predicted octanol–water partition coefficient (Wildman–Crippen LogP) is 6.09. The molecule has 0 aromatic rings. The zero-order valence-corrected chi connectivity index (χ0v) is 20.7. The average Bonchev–Trinajstić information content (AvgIpc) is 2.74. The van der Waals surface area contributed by atoms with Gasteiger partial charge in [0.05, 0.1) is 26.4 Å². The van der Waals surface area contributed by atoms with E-state index in [9.17, 15) is 10.2 Å². The van der Waals surface area contributed by atoms with Crippen LogP contribution in [0.3, 0.4) is 0 Å². The van der Waals surface area contributed by atoms with Gasteiger partial charge in [-0.1, -0.05) is 97.3 Å². The van der Waals surface area contributed by atoms with E-state index in [1.807, 2.05) is 0 Å². The summed E-state index contributed by atoms with van der Waals surface area (Å²) in [7, 11) is 0. The van der Waals surface area contributed by atoms with Gasteiger partial charge in [0.25, 0.3) is 0 Å². The van der Waals surface area contributed by atoms with Crippen LogP contribution in [0.4, 0.5) is 0 Å². The molecule has 0 amide bonds. The fourth-order valence-electron chi connectivity index (χ4n) is 4.37. The Morgan fingerprint density at radius 3 is 1.37 bits per heavy atom. The Hall–Kier alpha value is -0.160. The summed E-state index contributed by atoms with van der Waals surface area (Å²) in [6.07, 6.45) is 21.1. The van der Waals surface area contributed by atoms with E-state index in [1.54, 1.807) is 0 Å². The first-order valence-corrected chi connectivity index (χ1v) is 13.4. The molecule has 182 valence electrons. The highest BCUT2D eigenvalue weighted by Crippen LogP contribution is 2.14. The van der Waals surface area contributed by atoms with E-state index in [4.69, 9.17) is 4.74 Å². The van der Waals surface area contributed by atoms with Gasteiger partial charge in [-0.3, -0.25) is 0 Å². The highest BCUT2D eigenvalue weighted by molar-refractivity contribution is 4.51. The SMILES string of the molecule is CCCCCCCCCCOCC[N+](CCO)(CCO)CCCCCCCCCC. The summed E-state index contributed by atoms with van der Waals surface area (Å²) in [5.41, 5.74) is 0. The fraction of sp³-hybridized carbons (Fsp3) is 1.00. The monoisotopic (exact) mass is 430 g/mol. The van der Waals surface area contributed by atoms with Crippen LogP contribution in [0.25, 0.3) is 0 Å². The van der Waals surface area contributed by atoms with Crippen LogP contribution in [0, 0.1) is 0 Å². The van der Waals surface area contributed by atoms with Crippen molar-refractivity contribution in [3.63, 3.8) is 0 Å². The first-order valence-electron chi connectivity index (χ1n) is 13.4. The molecule has 2 N–H and O–H groups in total. The quantitative estimate of drug-likeness (QED) is 0.136. The minimum Gasteiger partial charge on any atom is -0.391 e. The molecule has 0 radical (unpaired) electrons. The number of quaternary nitrogens is 1. The third-order valence-electron chi connectivity index (χ3n) is 6.49. The molecule has 0 bridgehead atoms. The first-order chi connectivity index (χ1) is 14.7. The number of aliphatic hydroxyl groups is 2. The number of aliphatic hydroxyl groups excluding tert-OH is 2. The number of nitrogens with zero attached hydrogens (tertiary/aromatic N) is 1. The molecule has 0 aromatic carbocycles. The van der Waals surface area contributed by atoms with Crippen molar-refractivity contribution in [1.29, 1.82) is 0 Å². The smallest absolute Gasteiger partial charge is 0.103 e. The number of ether oxygens (including phenoxy) is 1. The molecule has 30 heavy (non-hydrogen) atoms. The van der Waals surface area contributed by atoms with Crippen molar-refractivity contribution in [1.82, 2.24) is 0 Å². The van der Waals surface area contributed by atoms with Crippen molar-refractivity contribution in [2.75, 3.05) is 52.6 Å². The third-order valence-corrected chi connectivity index (χ3v) is 6.49. The van der Waals surface area contributed by atoms with Crippen molar-refractivity contribution in [3.05, 3.63) is 0 Å². The minimum atomic E-state index is 0.190. The molecule has 0 aliphatic rings. The molecule has 0 atom stereocenters. The van der Waals surface area contributed by atoms with Gasteiger partial charge in [-0.2, -0.15) is 0 Å². The van der Waals surface area contributed by atoms with Gasteiger partial charge in [-0.05, 0) is 19.3 Å². The van der Waals surface area contributed by atoms with Crippen LogP contribution in [-0.4, -0.2) is 67.3 Å². The molecule has 0 fully saturated rings. The van der Waals surface area contributed by atoms with Crippen molar-refractivity contribution in [2.45, 2.75) is 117 Å². The second kappa shape index (κ2) is 23.5. The molecule has 0 heterocycles. The second-order valence-electron chi connectivity index (χ2n) is 9.25. The van der Waals surface area contributed by atoms with Gasteiger partial charge in [0.1, 0.15) is 19.6 Å². The van der Waals surface area contributed by atoms with Gasteiger partial charge >= 0.3 is 0 Å². The zero-order chi connectivity index (χ0) is 22.2. The molecule has 0 aromatic heterocycles. The van der Waals surface area contributed by atoms with Crippen LogP contribution in [-0.2, 0) is 4.74 Å². The maximum Gasteiger partial charge on any atom is 0.103 e. The lowest BCUT2D eigenvalue weighted by atomic mass is 10.1. The lowest BCUT2D eigenvalue weighted by Crippen LogP contribution is -2.54. The minimum absolute atomic E-state index is 0.190. The van der Waals surface area contributed by atoms with Crippen molar-refractivity contribution in [2.24, 2.45) is 0 Å². The van der Waals surface area contributed by atoms with Crippen LogP contribution in [0.1, 0.15) is 117 Å². The predicted molar refractivity (Wildman–Crippen MR) is 130 cm³/mol. The maximum absolute atomic E-state index is 9.59. The normalized spacial score (nSPS) is 12.0. The third kappa shape index (κ3) is 18.6. The fourth-order valence-corrected chi connectivity index (χ4v) is 4.37. The van der Waals surface area contributed by atoms with Gasteiger partial charge in [-0.15, -0.1) is 0 Å². The molecule has 4 nitrogen and oxygen atoms in total. The zero-order valence-electron chi connectivity index (χ0n) is 20.7. The Kier molecular flexibility index (Phi) is 23.4. The Morgan fingerprint density at radius 1 is 0.467 bits per heavy atom. The molecule has 0 saturated heterocycles. The van der Waals surface area contributed by atoms with Gasteiger partial charge < -0.3 is 19.4 Å². The number of unbranched alkanes of at least 4 members (excludes halogenated alkanes) is 14. The number of hydrogen-bond acceptors (Lipinski definition) is 3. The van der Waals surface area contributed by atoms with Crippen molar-refractivity contribution < 1.29 is 19.4 Å². The van der Waals surface area contributed by atoms with Gasteiger partial charge in [0.2, 0.25) is 0 Å².